The van der Waals surface area contributed by atoms with E-state index >= 15 is 0 Å². The number of hydrogen-bond acceptors (Lipinski definition) is 6. The van der Waals surface area contributed by atoms with Gasteiger partial charge in [0.25, 0.3) is 0 Å². The van der Waals surface area contributed by atoms with E-state index in [1.165, 1.54) is 18.3 Å². The van der Waals surface area contributed by atoms with Gasteiger partial charge in [0.1, 0.15) is 11.6 Å². The van der Waals surface area contributed by atoms with Gasteiger partial charge >= 0.3 is 6.18 Å². The maximum atomic E-state index is 13.8. The first kappa shape index (κ1) is 19.6. The summed E-state index contributed by atoms with van der Waals surface area (Å²) in [6.45, 7) is 1.56. The van der Waals surface area contributed by atoms with Crippen molar-refractivity contribution in [2.75, 3.05) is 19.0 Å². The molecule has 0 saturated carbocycles. The van der Waals surface area contributed by atoms with Crippen LogP contribution in [0.3, 0.4) is 0 Å². The average Bonchev–Trinajstić information content (AvgIpc) is 3.27. The maximum absolute atomic E-state index is 13.8. The molecule has 0 aliphatic carbocycles. The van der Waals surface area contributed by atoms with Gasteiger partial charge < -0.3 is 10.0 Å². The van der Waals surface area contributed by atoms with E-state index in [-0.39, 0.29) is 28.0 Å². The van der Waals surface area contributed by atoms with Crippen LogP contribution in [-0.2, 0) is 6.18 Å². The number of rotatable bonds is 3. The van der Waals surface area contributed by atoms with Crippen LogP contribution in [0.5, 0.6) is 5.75 Å². The molecule has 3 heterocycles. The van der Waals surface area contributed by atoms with Crippen LogP contribution in [0, 0.1) is 0 Å². The summed E-state index contributed by atoms with van der Waals surface area (Å²) in [6, 6.07) is 9.61. The van der Waals surface area contributed by atoms with Gasteiger partial charge in [-0.15, -0.1) is 10.2 Å². The molecule has 0 saturated heterocycles. The Hall–Kier alpha value is -3.69. The normalized spacial score (nSPS) is 13.0. The first-order valence-corrected chi connectivity index (χ1v) is 8.94. The van der Waals surface area contributed by atoms with Gasteiger partial charge in [-0.2, -0.15) is 22.8 Å². The third kappa shape index (κ3) is 3.19. The van der Waals surface area contributed by atoms with Crippen LogP contribution in [0.2, 0.25) is 0 Å². The number of fused-ring (bicyclic) bond motifs is 1. The highest BCUT2D eigenvalue weighted by Gasteiger charge is 2.38. The Morgan fingerprint density at radius 1 is 1.07 bits per heavy atom. The van der Waals surface area contributed by atoms with Gasteiger partial charge in [0.2, 0.25) is 0 Å². The molecule has 0 aliphatic heterocycles. The number of alkyl halides is 3. The zero-order valence-electron chi connectivity index (χ0n) is 16.3. The molecule has 0 atom stereocenters. The molecule has 10 heteroatoms. The molecular formula is C20H17F3N6O. The van der Waals surface area contributed by atoms with Gasteiger partial charge in [0, 0.05) is 20.3 Å². The first-order valence-electron chi connectivity index (χ1n) is 8.94. The summed E-state index contributed by atoms with van der Waals surface area (Å²) in [6.07, 6.45) is -3.20. The van der Waals surface area contributed by atoms with E-state index in [1.807, 2.05) is 14.1 Å². The number of nitrogens with zero attached hydrogens (tertiary/aromatic N) is 6. The number of phenolic OH excluding ortho intramolecular Hbond substituents is 1. The highest BCUT2D eigenvalue weighted by molar-refractivity contribution is 5.72. The van der Waals surface area contributed by atoms with Crippen molar-refractivity contribution in [2.45, 2.75) is 13.1 Å². The fourth-order valence-corrected chi connectivity index (χ4v) is 3.18. The highest BCUT2D eigenvalue weighted by atomic mass is 19.4. The summed E-state index contributed by atoms with van der Waals surface area (Å²) in [5.74, 6) is 0.570. The van der Waals surface area contributed by atoms with Crippen LogP contribution in [0.25, 0.3) is 22.6 Å². The molecule has 0 radical (unpaired) electrons. The fraction of sp³-hybridized carbons (Fsp3) is 0.200. The van der Waals surface area contributed by atoms with Crippen LogP contribution in [0.1, 0.15) is 18.2 Å². The number of para-hydroxylation sites is 1. The molecule has 30 heavy (non-hydrogen) atoms. The molecule has 7 nitrogen and oxygen atoms in total. The first-order chi connectivity index (χ1) is 14.2. The lowest BCUT2D eigenvalue weighted by Gasteiger charge is -2.11. The Balaban J connectivity index is 2.01. The number of aromatic nitrogens is 5. The average molecular weight is 414 g/mol. The van der Waals surface area contributed by atoms with E-state index in [9.17, 15) is 18.3 Å². The smallest absolute Gasteiger partial charge is 0.435 e. The molecule has 1 N–H and O–H groups in total. The topological polar surface area (TPSA) is 79.4 Å². The molecule has 3 aromatic heterocycles. The molecule has 0 spiro atoms. The molecule has 0 amide bonds. The quantitative estimate of drug-likeness (QED) is 0.555. The SMILES string of the molecule is CC(c1ccc(N(C)C)nc1)=c1c(C(F)(F)F)nn2c(-c3ccccc3O)nnc12. The summed E-state index contributed by atoms with van der Waals surface area (Å²) in [5, 5.41) is 21.6. The second-order valence-corrected chi connectivity index (χ2v) is 6.92. The molecule has 4 rings (SSSR count). The lowest BCUT2D eigenvalue weighted by molar-refractivity contribution is -0.142. The zero-order chi connectivity index (χ0) is 21.6. The summed E-state index contributed by atoms with van der Waals surface area (Å²) < 4.78 is 42.5. The zero-order valence-corrected chi connectivity index (χ0v) is 16.3. The van der Waals surface area contributed by atoms with Crippen LogP contribution in [0.4, 0.5) is 19.0 Å². The summed E-state index contributed by atoms with van der Waals surface area (Å²) >= 11 is 0. The van der Waals surface area contributed by atoms with E-state index in [0.29, 0.717) is 17.0 Å². The van der Waals surface area contributed by atoms with E-state index in [1.54, 1.807) is 36.1 Å². The van der Waals surface area contributed by atoms with Crippen LogP contribution in [-0.4, -0.2) is 44.0 Å². The summed E-state index contributed by atoms with van der Waals surface area (Å²) in [5.41, 5.74) is -0.0579. The van der Waals surface area contributed by atoms with Crippen LogP contribution < -0.4 is 10.1 Å². The molecule has 154 valence electrons. The Labute approximate surface area is 169 Å². The Morgan fingerprint density at radius 3 is 2.40 bits per heavy atom. The van der Waals surface area contributed by atoms with E-state index in [0.717, 1.165) is 4.52 Å². The highest BCUT2D eigenvalue weighted by Crippen LogP contribution is 2.30. The Bertz CT molecular complexity index is 1280. The van der Waals surface area contributed by atoms with Crippen molar-refractivity contribution in [3.8, 4) is 17.1 Å². The minimum Gasteiger partial charge on any atom is -0.507 e. The fourth-order valence-electron chi connectivity index (χ4n) is 3.18. The van der Waals surface area contributed by atoms with Crippen molar-refractivity contribution in [2.24, 2.45) is 0 Å². The lowest BCUT2D eigenvalue weighted by Crippen LogP contribution is -2.20. The minimum absolute atomic E-state index is 0.0220. The summed E-state index contributed by atoms with van der Waals surface area (Å²) in [7, 11) is 3.64. The van der Waals surface area contributed by atoms with Crippen molar-refractivity contribution in [1.29, 1.82) is 0 Å². The van der Waals surface area contributed by atoms with Crippen LogP contribution >= 0.6 is 0 Å². The number of benzene rings is 1. The van der Waals surface area contributed by atoms with Gasteiger partial charge in [-0.05, 0) is 42.3 Å². The number of phenols is 1. The number of hydrogen-bond donors (Lipinski definition) is 1. The molecule has 0 aliphatic rings. The number of anilines is 1. The summed E-state index contributed by atoms with van der Waals surface area (Å²) in [4.78, 5) is 6.06. The standard InChI is InChI=1S/C20H17F3N6O/c1-11(12-8-9-15(24-10-12)28(2)3)16-17(20(21,22)23)27-29-18(25-26-19(16)29)13-6-4-5-7-14(13)30/h4-10,30H,1-3H3. The van der Waals surface area contributed by atoms with E-state index < -0.39 is 11.9 Å². The van der Waals surface area contributed by atoms with Gasteiger partial charge in [-0.1, -0.05) is 12.1 Å². The Kier molecular flexibility index (Phi) is 4.56. The van der Waals surface area contributed by atoms with Gasteiger partial charge in [-0.3, -0.25) is 0 Å². The molecule has 0 fully saturated rings. The number of pyridine rings is 1. The third-order valence-corrected chi connectivity index (χ3v) is 4.73. The predicted molar refractivity (Wildman–Crippen MR) is 105 cm³/mol. The van der Waals surface area contributed by atoms with Gasteiger partial charge in [-0.25, -0.2) is 4.98 Å². The second kappa shape index (κ2) is 6.97. The maximum Gasteiger partial charge on any atom is 0.435 e. The Morgan fingerprint density at radius 2 is 1.80 bits per heavy atom. The predicted octanol–water partition coefficient (Wildman–Crippen LogP) is 2.91. The van der Waals surface area contributed by atoms with Crippen molar-refractivity contribution < 1.29 is 18.3 Å². The van der Waals surface area contributed by atoms with Gasteiger partial charge in [0.05, 0.1) is 10.8 Å². The van der Waals surface area contributed by atoms with Crippen LogP contribution in [0.15, 0.2) is 42.6 Å². The van der Waals surface area contributed by atoms with Crippen molar-refractivity contribution >= 4 is 17.0 Å². The lowest BCUT2D eigenvalue weighted by atomic mass is 10.1. The molecule has 4 aromatic rings. The molecule has 0 bridgehead atoms. The third-order valence-electron chi connectivity index (χ3n) is 4.73. The monoisotopic (exact) mass is 414 g/mol. The van der Waals surface area contributed by atoms with Gasteiger partial charge in [0.15, 0.2) is 17.2 Å². The van der Waals surface area contributed by atoms with Crippen molar-refractivity contribution in [3.05, 3.63) is 59.1 Å². The van der Waals surface area contributed by atoms with Crippen molar-refractivity contribution in [3.63, 3.8) is 0 Å². The van der Waals surface area contributed by atoms with E-state index in [4.69, 9.17) is 0 Å². The molecule has 0 unspecified atom stereocenters. The largest absolute Gasteiger partial charge is 0.507 e. The number of aromatic hydroxyl groups is 1. The van der Waals surface area contributed by atoms with Crippen molar-refractivity contribution in [1.82, 2.24) is 24.8 Å². The van der Waals surface area contributed by atoms with E-state index in [2.05, 4.69) is 20.3 Å². The minimum atomic E-state index is -4.70. The molecular weight excluding hydrogens is 397 g/mol. The second-order valence-electron chi connectivity index (χ2n) is 6.92. The number of halogens is 3. The molecule has 1 aromatic carbocycles.